The van der Waals surface area contributed by atoms with Gasteiger partial charge in [0, 0.05) is 24.4 Å². The van der Waals surface area contributed by atoms with Crippen molar-refractivity contribution < 1.29 is 13.9 Å². The lowest BCUT2D eigenvalue weighted by Gasteiger charge is -2.16. The third-order valence-corrected chi connectivity index (χ3v) is 5.75. The molecule has 0 aliphatic carbocycles. The summed E-state index contributed by atoms with van der Waals surface area (Å²) in [6.45, 7) is 4.03. The maximum absolute atomic E-state index is 14.3. The SMILES string of the molecule is COCC#Cc1nc(-c2nn(Cc3ccccc3F)c3ncccc23)nc2c1C(C)(C)C(=O)N2. The molecule has 3 aromatic heterocycles. The number of anilines is 1. The van der Waals surface area contributed by atoms with E-state index >= 15 is 0 Å². The molecule has 0 saturated heterocycles. The first-order valence-corrected chi connectivity index (χ1v) is 10.7. The Kier molecular flexibility index (Phi) is 5.30. The fraction of sp³-hybridized carbons (Fsp3) is 0.240. The van der Waals surface area contributed by atoms with E-state index in [1.165, 1.54) is 6.07 Å². The van der Waals surface area contributed by atoms with Gasteiger partial charge in [-0.25, -0.2) is 24.0 Å². The molecule has 4 heterocycles. The normalized spacial score (nSPS) is 13.9. The summed E-state index contributed by atoms with van der Waals surface area (Å²) >= 11 is 0. The highest BCUT2D eigenvalue weighted by atomic mass is 19.1. The molecule has 0 fully saturated rings. The number of rotatable bonds is 4. The number of hydrogen-bond donors (Lipinski definition) is 1. The van der Waals surface area contributed by atoms with Crippen molar-refractivity contribution in [2.24, 2.45) is 0 Å². The van der Waals surface area contributed by atoms with Gasteiger partial charge in [0.15, 0.2) is 11.5 Å². The molecule has 4 aromatic rings. The van der Waals surface area contributed by atoms with Gasteiger partial charge in [-0.2, -0.15) is 5.10 Å². The fourth-order valence-electron chi connectivity index (χ4n) is 3.98. The van der Waals surface area contributed by atoms with E-state index in [-0.39, 0.29) is 24.9 Å². The molecule has 0 bridgehead atoms. The van der Waals surface area contributed by atoms with Crippen molar-refractivity contribution >= 4 is 22.8 Å². The molecule has 1 N–H and O–H groups in total. The van der Waals surface area contributed by atoms with Gasteiger partial charge in [0.05, 0.1) is 17.3 Å². The zero-order chi connectivity index (χ0) is 23.9. The minimum Gasteiger partial charge on any atom is -0.372 e. The average molecular weight is 456 g/mol. The van der Waals surface area contributed by atoms with E-state index in [4.69, 9.17) is 14.8 Å². The largest absolute Gasteiger partial charge is 0.372 e. The molecule has 0 radical (unpaired) electrons. The lowest BCUT2D eigenvalue weighted by atomic mass is 9.86. The van der Waals surface area contributed by atoms with E-state index in [0.29, 0.717) is 45.2 Å². The Morgan fingerprint density at radius 1 is 1.18 bits per heavy atom. The molecule has 1 aliphatic heterocycles. The van der Waals surface area contributed by atoms with Gasteiger partial charge < -0.3 is 10.1 Å². The first-order chi connectivity index (χ1) is 16.4. The molecule has 0 spiro atoms. The Labute approximate surface area is 195 Å². The zero-order valence-corrected chi connectivity index (χ0v) is 18.9. The van der Waals surface area contributed by atoms with Crippen LogP contribution in [0.15, 0.2) is 42.6 Å². The number of nitrogens with zero attached hydrogens (tertiary/aromatic N) is 5. The van der Waals surface area contributed by atoms with Crippen LogP contribution in [-0.4, -0.2) is 44.4 Å². The molecule has 5 rings (SSSR count). The number of aromatic nitrogens is 5. The Bertz CT molecular complexity index is 1500. The summed E-state index contributed by atoms with van der Waals surface area (Å²) in [4.78, 5) is 26.4. The van der Waals surface area contributed by atoms with Gasteiger partial charge in [-0.15, -0.1) is 0 Å². The van der Waals surface area contributed by atoms with Crippen LogP contribution in [0.3, 0.4) is 0 Å². The van der Waals surface area contributed by atoms with Gasteiger partial charge in [-0.1, -0.05) is 24.1 Å². The molecule has 9 heteroatoms. The van der Waals surface area contributed by atoms with Crippen LogP contribution in [0.25, 0.3) is 22.6 Å². The van der Waals surface area contributed by atoms with Crippen molar-refractivity contribution in [1.29, 1.82) is 0 Å². The third kappa shape index (κ3) is 3.58. The Morgan fingerprint density at radius 2 is 2.00 bits per heavy atom. The number of halogens is 1. The number of nitrogens with one attached hydrogen (secondary N) is 1. The highest BCUT2D eigenvalue weighted by Crippen LogP contribution is 2.39. The molecular formula is C25H21FN6O2. The van der Waals surface area contributed by atoms with Crippen molar-refractivity contribution in [2.45, 2.75) is 25.8 Å². The predicted octanol–water partition coefficient (Wildman–Crippen LogP) is 3.30. The second kappa shape index (κ2) is 8.32. The quantitative estimate of drug-likeness (QED) is 0.474. The maximum atomic E-state index is 14.3. The average Bonchev–Trinajstić information content (AvgIpc) is 3.29. The second-order valence-corrected chi connectivity index (χ2v) is 8.41. The van der Waals surface area contributed by atoms with Crippen LogP contribution < -0.4 is 5.32 Å². The standard InChI is InChI=1S/C25H21FN6O2/c1-25(2)19-18(11-7-13-34-3)28-22(29-21(19)30-24(25)33)20-16-9-6-12-27-23(16)32(31-20)14-15-8-4-5-10-17(15)26/h4-6,8-10,12H,13-14H2,1-3H3,(H,28,29,30,33). The number of ether oxygens (including phenoxy) is 1. The van der Waals surface area contributed by atoms with Gasteiger partial charge in [-0.05, 0) is 38.0 Å². The molecule has 8 nitrogen and oxygen atoms in total. The van der Waals surface area contributed by atoms with Gasteiger partial charge in [0.1, 0.15) is 29.6 Å². The summed E-state index contributed by atoms with van der Waals surface area (Å²) in [6, 6.07) is 10.2. The Hall–Kier alpha value is -4.16. The zero-order valence-electron chi connectivity index (χ0n) is 18.9. The molecule has 0 unspecified atom stereocenters. The number of benzene rings is 1. The summed E-state index contributed by atoms with van der Waals surface area (Å²) in [7, 11) is 1.56. The van der Waals surface area contributed by atoms with E-state index in [0.717, 1.165) is 0 Å². The van der Waals surface area contributed by atoms with Crippen LogP contribution in [0.1, 0.15) is 30.7 Å². The number of hydrogen-bond acceptors (Lipinski definition) is 6. The van der Waals surface area contributed by atoms with Crippen molar-refractivity contribution in [3.63, 3.8) is 0 Å². The topological polar surface area (TPSA) is 94.8 Å². The minimum absolute atomic E-state index is 0.180. The smallest absolute Gasteiger partial charge is 0.235 e. The molecule has 170 valence electrons. The van der Waals surface area contributed by atoms with Crippen LogP contribution in [0.2, 0.25) is 0 Å². The van der Waals surface area contributed by atoms with E-state index in [1.807, 2.05) is 6.07 Å². The van der Waals surface area contributed by atoms with Crippen LogP contribution in [0.4, 0.5) is 10.2 Å². The second-order valence-electron chi connectivity index (χ2n) is 8.41. The Balaban J connectivity index is 1.69. The summed E-state index contributed by atoms with van der Waals surface area (Å²) in [5, 5.41) is 8.24. The van der Waals surface area contributed by atoms with Crippen LogP contribution in [0.5, 0.6) is 0 Å². The first kappa shape index (κ1) is 21.7. The van der Waals surface area contributed by atoms with Crippen LogP contribution >= 0.6 is 0 Å². The molecule has 34 heavy (non-hydrogen) atoms. The lowest BCUT2D eigenvalue weighted by Crippen LogP contribution is -2.27. The molecule has 1 amide bonds. The summed E-state index contributed by atoms with van der Waals surface area (Å²) in [5.74, 6) is 6.13. The molecule has 1 aliphatic rings. The van der Waals surface area contributed by atoms with Gasteiger partial charge in [-0.3, -0.25) is 4.79 Å². The van der Waals surface area contributed by atoms with Crippen molar-refractivity contribution in [2.75, 3.05) is 19.0 Å². The molecule has 0 atom stereocenters. The van der Waals surface area contributed by atoms with Crippen molar-refractivity contribution in [1.82, 2.24) is 24.7 Å². The summed E-state index contributed by atoms with van der Waals surface area (Å²) in [5.41, 5.74) is 1.76. The number of amides is 1. The number of methoxy groups -OCH3 is 1. The highest BCUT2D eigenvalue weighted by Gasteiger charge is 2.42. The highest BCUT2D eigenvalue weighted by molar-refractivity contribution is 6.05. The molecule has 1 aromatic carbocycles. The monoisotopic (exact) mass is 456 g/mol. The minimum atomic E-state index is -0.835. The number of fused-ring (bicyclic) bond motifs is 2. The first-order valence-electron chi connectivity index (χ1n) is 10.7. The molecular weight excluding hydrogens is 435 g/mol. The number of pyridine rings is 1. The summed E-state index contributed by atoms with van der Waals surface area (Å²) in [6.07, 6.45) is 1.65. The van der Waals surface area contributed by atoms with Gasteiger partial charge in [0.2, 0.25) is 5.91 Å². The van der Waals surface area contributed by atoms with Gasteiger partial charge >= 0.3 is 0 Å². The van der Waals surface area contributed by atoms with Crippen molar-refractivity contribution in [3.05, 3.63) is 65.2 Å². The van der Waals surface area contributed by atoms with E-state index in [9.17, 15) is 9.18 Å². The number of carbonyl (C=O) groups excluding carboxylic acids is 1. The number of carbonyl (C=O) groups is 1. The van der Waals surface area contributed by atoms with Crippen LogP contribution in [0, 0.1) is 17.7 Å². The van der Waals surface area contributed by atoms with Gasteiger partial charge in [0.25, 0.3) is 0 Å². The third-order valence-electron chi connectivity index (χ3n) is 5.75. The van der Waals surface area contributed by atoms with E-state index in [2.05, 4.69) is 27.1 Å². The van der Waals surface area contributed by atoms with E-state index in [1.54, 1.807) is 56.1 Å². The van der Waals surface area contributed by atoms with Crippen molar-refractivity contribution in [3.8, 4) is 23.4 Å². The summed E-state index contributed by atoms with van der Waals surface area (Å²) < 4.78 is 21.0. The lowest BCUT2D eigenvalue weighted by molar-refractivity contribution is -0.119. The fourth-order valence-corrected chi connectivity index (χ4v) is 3.98. The predicted molar refractivity (Wildman–Crippen MR) is 124 cm³/mol. The van der Waals surface area contributed by atoms with E-state index < -0.39 is 5.41 Å². The maximum Gasteiger partial charge on any atom is 0.235 e. The molecule has 0 saturated carbocycles. The Morgan fingerprint density at radius 3 is 2.79 bits per heavy atom. The van der Waals surface area contributed by atoms with Crippen LogP contribution in [-0.2, 0) is 21.5 Å².